The van der Waals surface area contributed by atoms with Crippen LogP contribution in [-0.2, 0) is 6.42 Å². The molecule has 0 saturated carbocycles. The lowest BCUT2D eigenvalue weighted by Crippen LogP contribution is -2.45. The Kier molecular flexibility index (Phi) is 4.35. The largest absolute Gasteiger partial charge is 0.497 e. The summed E-state index contributed by atoms with van der Waals surface area (Å²) in [7, 11) is 1.67. The fourth-order valence-electron chi connectivity index (χ4n) is 3.74. The number of amides is 1. The second-order valence-electron chi connectivity index (χ2n) is 6.75. The summed E-state index contributed by atoms with van der Waals surface area (Å²) in [6, 6.07) is 9.70. The highest BCUT2D eigenvalue weighted by Gasteiger charge is 2.33. The van der Waals surface area contributed by atoms with Crippen molar-refractivity contribution in [3.05, 3.63) is 65.9 Å². The van der Waals surface area contributed by atoms with Crippen LogP contribution in [-0.4, -0.2) is 43.7 Å². The minimum Gasteiger partial charge on any atom is -0.497 e. The number of nitrogens with zero attached hydrogens (tertiary/aromatic N) is 5. The van der Waals surface area contributed by atoms with E-state index >= 15 is 0 Å². The fraction of sp³-hybridized carbons (Fsp3) is 0.300. The van der Waals surface area contributed by atoms with Crippen molar-refractivity contribution in [2.24, 2.45) is 0 Å². The van der Waals surface area contributed by atoms with Gasteiger partial charge in [0, 0.05) is 12.2 Å². The van der Waals surface area contributed by atoms with Crippen molar-refractivity contribution in [1.29, 1.82) is 0 Å². The molecule has 1 aliphatic heterocycles. The summed E-state index contributed by atoms with van der Waals surface area (Å²) in [5, 5.41) is 4.05. The first kappa shape index (κ1) is 17.2. The van der Waals surface area contributed by atoms with Crippen LogP contribution in [0.4, 0.5) is 0 Å². The first-order chi connectivity index (χ1) is 13.1. The van der Waals surface area contributed by atoms with E-state index in [1.165, 1.54) is 11.9 Å². The highest BCUT2D eigenvalue weighted by atomic mass is 16.5. The van der Waals surface area contributed by atoms with Crippen LogP contribution in [0.15, 0.2) is 49.2 Å². The van der Waals surface area contributed by atoms with Gasteiger partial charge in [0.05, 0.1) is 18.7 Å². The van der Waals surface area contributed by atoms with E-state index < -0.39 is 0 Å². The standard InChI is InChI=1S/C20H21N5O2/c1-13-8-16-9-17(27-3)5-6-18(16)14(2)25(13)20(26)15-4-7-19(22-10-15)24-12-21-11-23-24/h4-7,9-14H,8H2,1-3H3. The maximum absolute atomic E-state index is 13.2. The summed E-state index contributed by atoms with van der Waals surface area (Å²) < 4.78 is 6.90. The molecular formula is C20H21N5O2. The van der Waals surface area contributed by atoms with Gasteiger partial charge in [0.2, 0.25) is 0 Å². The summed E-state index contributed by atoms with van der Waals surface area (Å²) in [5.41, 5.74) is 2.96. The van der Waals surface area contributed by atoms with Gasteiger partial charge in [-0.2, -0.15) is 5.10 Å². The number of hydrogen-bond donors (Lipinski definition) is 0. The Balaban J connectivity index is 1.61. The van der Waals surface area contributed by atoms with E-state index in [0.717, 1.165) is 17.7 Å². The van der Waals surface area contributed by atoms with Gasteiger partial charge in [0.25, 0.3) is 5.91 Å². The van der Waals surface area contributed by atoms with Crippen LogP contribution >= 0.6 is 0 Å². The molecule has 2 unspecified atom stereocenters. The number of carbonyl (C=O) groups is 1. The zero-order valence-electron chi connectivity index (χ0n) is 15.5. The summed E-state index contributed by atoms with van der Waals surface area (Å²) in [4.78, 5) is 23.4. The molecule has 3 aromatic rings. The summed E-state index contributed by atoms with van der Waals surface area (Å²) in [6.45, 7) is 4.14. The van der Waals surface area contributed by atoms with Crippen LogP contribution < -0.4 is 4.74 Å². The van der Waals surface area contributed by atoms with Gasteiger partial charge in [0.15, 0.2) is 5.82 Å². The number of carbonyl (C=O) groups excluding carboxylic acids is 1. The Labute approximate surface area is 157 Å². The van der Waals surface area contributed by atoms with Gasteiger partial charge in [-0.15, -0.1) is 0 Å². The summed E-state index contributed by atoms with van der Waals surface area (Å²) in [5.74, 6) is 1.45. The molecule has 0 fully saturated rings. The van der Waals surface area contributed by atoms with Crippen LogP contribution in [0.5, 0.6) is 5.75 Å². The van der Waals surface area contributed by atoms with E-state index in [2.05, 4.69) is 41.0 Å². The Hall–Kier alpha value is -3.22. The number of hydrogen-bond acceptors (Lipinski definition) is 5. The van der Waals surface area contributed by atoms with Crippen molar-refractivity contribution in [3.8, 4) is 11.6 Å². The second kappa shape index (κ2) is 6.83. The number of aromatic nitrogens is 4. The minimum absolute atomic E-state index is 0.0165. The van der Waals surface area contributed by atoms with Gasteiger partial charge in [-0.3, -0.25) is 4.79 Å². The number of rotatable bonds is 3. The summed E-state index contributed by atoms with van der Waals surface area (Å²) >= 11 is 0. The number of benzene rings is 1. The number of methoxy groups -OCH3 is 1. The molecule has 1 aliphatic rings. The Morgan fingerprint density at radius 2 is 2.07 bits per heavy atom. The molecule has 7 heteroatoms. The van der Waals surface area contributed by atoms with E-state index in [9.17, 15) is 4.79 Å². The predicted molar refractivity (Wildman–Crippen MR) is 99.9 cm³/mol. The number of ether oxygens (including phenoxy) is 1. The third-order valence-corrected chi connectivity index (χ3v) is 5.09. The maximum Gasteiger partial charge on any atom is 0.256 e. The lowest BCUT2D eigenvalue weighted by molar-refractivity contribution is 0.0580. The predicted octanol–water partition coefficient (Wildman–Crippen LogP) is 2.82. The van der Waals surface area contributed by atoms with Crippen LogP contribution in [0, 0.1) is 0 Å². The van der Waals surface area contributed by atoms with Gasteiger partial charge < -0.3 is 9.64 Å². The molecule has 0 radical (unpaired) electrons. The monoisotopic (exact) mass is 363 g/mol. The number of fused-ring (bicyclic) bond motifs is 1. The molecule has 0 bridgehead atoms. The van der Waals surface area contributed by atoms with Crippen molar-refractivity contribution in [2.75, 3.05) is 7.11 Å². The quantitative estimate of drug-likeness (QED) is 0.715. The highest BCUT2D eigenvalue weighted by Crippen LogP contribution is 2.35. The number of pyridine rings is 1. The van der Waals surface area contributed by atoms with E-state index in [0.29, 0.717) is 11.4 Å². The smallest absolute Gasteiger partial charge is 0.256 e. The molecule has 2 atom stereocenters. The molecule has 2 aromatic heterocycles. The molecule has 27 heavy (non-hydrogen) atoms. The highest BCUT2D eigenvalue weighted by molar-refractivity contribution is 5.94. The van der Waals surface area contributed by atoms with Crippen LogP contribution in [0.2, 0.25) is 0 Å². The van der Waals surface area contributed by atoms with Crippen molar-refractivity contribution >= 4 is 5.91 Å². The zero-order valence-corrected chi connectivity index (χ0v) is 15.5. The van der Waals surface area contributed by atoms with Gasteiger partial charge in [-0.05, 0) is 55.7 Å². The third kappa shape index (κ3) is 3.05. The van der Waals surface area contributed by atoms with Gasteiger partial charge in [0.1, 0.15) is 18.4 Å². The van der Waals surface area contributed by atoms with Crippen molar-refractivity contribution in [2.45, 2.75) is 32.4 Å². The normalized spacial score (nSPS) is 18.9. The average Bonchev–Trinajstić information content (AvgIpc) is 3.22. The van der Waals surface area contributed by atoms with Gasteiger partial charge >= 0.3 is 0 Å². The topological polar surface area (TPSA) is 73.1 Å². The fourth-order valence-corrected chi connectivity index (χ4v) is 3.74. The SMILES string of the molecule is COc1ccc2c(c1)CC(C)N(C(=O)c1ccc(-n3cncn3)nc1)C2C. The molecule has 138 valence electrons. The lowest BCUT2D eigenvalue weighted by atomic mass is 9.88. The van der Waals surface area contributed by atoms with E-state index in [4.69, 9.17) is 4.74 Å². The second-order valence-corrected chi connectivity index (χ2v) is 6.75. The Morgan fingerprint density at radius 1 is 1.22 bits per heavy atom. The third-order valence-electron chi connectivity index (χ3n) is 5.09. The van der Waals surface area contributed by atoms with E-state index in [-0.39, 0.29) is 18.0 Å². The molecule has 4 rings (SSSR count). The van der Waals surface area contributed by atoms with Crippen molar-refractivity contribution < 1.29 is 9.53 Å². The molecule has 3 heterocycles. The van der Waals surface area contributed by atoms with Crippen LogP contribution in [0.1, 0.15) is 41.4 Å². The van der Waals surface area contributed by atoms with Crippen LogP contribution in [0.25, 0.3) is 5.82 Å². The minimum atomic E-state index is -0.0193. The Morgan fingerprint density at radius 3 is 2.74 bits per heavy atom. The molecule has 0 N–H and O–H groups in total. The molecule has 7 nitrogen and oxygen atoms in total. The molecule has 1 amide bonds. The average molecular weight is 363 g/mol. The van der Waals surface area contributed by atoms with Crippen molar-refractivity contribution in [3.63, 3.8) is 0 Å². The Bertz CT molecular complexity index is 953. The maximum atomic E-state index is 13.2. The molecule has 0 spiro atoms. The molecule has 0 aliphatic carbocycles. The molecule has 0 saturated heterocycles. The van der Waals surface area contributed by atoms with Crippen molar-refractivity contribution in [1.82, 2.24) is 24.6 Å². The first-order valence-corrected chi connectivity index (χ1v) is 8.89. The first-order valence-electron chi connectivity index (χ1n) is 8.89. The van der Waals surface area contributed by atoms with Crippen LogP contribution in [0.3, 0.4) is 0 Å². The lowest BCUT2D eigenvalue weighted by Gasteiger charge is -2.40. The van der Waals surface area contributed by atoms with E-state index in [1.807, 2.05) is 11.0 Å². The van der Waals surface area contributed by atoms with Gasteiger partial charge in [-0.25, -0.2) is 14.6 Å². The van der Waals surface area contributed by atoms with E-state index in [1.54, 1.807) is 36.4 Å². The molecule has 1 aromatic carbocycles. The zero-order chi connectivity index (χ0) is 19.0. The molecular weight excluding hydrogens is 342 g/mol. The van der Waals surface area contributed by atoms with Gasteiger partial charge in [-0.1, -0.05) is 6.07 Å². The summed E-state index contributed by atoms with van der Waals surface area (Å²) in [6.07, 6.45) is 5.42.